The summed E-state index contributed by atoms with van der Waals surface area (Å²) in [7, 11) is 0. The standard InChI is InChI=1S/C20H14O3/c21-20(14-6-2-1-3-7-14)23-13-19-18-11-16-9-5-4-8-15(16)10-17(18)12-22-19/h1-12H,13H2. The number of hydrogen-bond donors (Lipinski definition) is 0. The largest absolute Gasteiger partial charge is 0.464 e. The summed E-state index contributed by atoms with van der Waals surface area (Å²) in [6.07, 6.45) is 1.70. The van der Waals surface area contributed by atoms with Crippen LogP contribution >= 0.6 is 0 Å². The Balaban J connectivity index is 1.62. The van der Waals surface area contributed by atoms with Crippen LogP contribution in [0, 0.1) is 0 Å². The molecule has 0 radical (unpaired) electrons. The number of benzene rings is 3. The van der Waals surface area contributed by atoms with Crippen molar-refractivity contribution in [2.45, 2.75) is 6.61 Å². The van der Waals surface area contributed by atoms with Crippen molar-refractivity contribution >= 4 is 27.5 Å². The molecule has 0 spiro atoms. The Kier molecular flexibility index (Phi) is 3.31. The summed E-state index contributed by atoms with van der Waals surface area (Å²) < 4.78 is 11.0. The summed E-state index contributed by atoms with van der Waals surface area (Å²) in [6.45, 7) is 0.121. The van der Waals surface area contributed by atoms with Gasteiger partial charge < -0.3 is 9.15 Å². The predicted molar refractivity (Wildman–Crippen MR) is 89.3 cm³/mol. The molecule has 0 N–H and O–H groups in total. The van der Waals surface area contributed by atoms with Crippen molar-refractivity contribution in [2.24, 2.45) is 0 Å². The maximum atomic E-state index is 12.0. The molecule has 1 aromatic heterocycles. The maximum absolute atomic E-state index is 12.0. The van der Waals surface area contributed by atoms with Crippen LogP contribution in [-0.4, -0.2) is 5.97 Å². The van der Waals surface area contributed by atoms with Gasteiger partial charge in [-0.3, -0.25) is 0 Å². The van der Waals surface area contributed by atoms with Crippen LogP contribution in [0.2, 0.25) is 0 Å². The first kappa shape index (κ1) is 13.6. The van der Waals surface area contributed by atoms with Crippen molar-refractivity contribution in [1.29, 1.82) is 0 Å². The van der Waals surface area contributed by atoms with E-state index in [1.54, 1.807) is 18.4 Å². The molecule has 0 fully saturated rings. The predicted octanol–water partition coefficient (Wildman–Crippen LogP) is 4.94. The molecule has 23 heavy (non-hydrogen) atoms. The number of hydrogen-bond acceptors (Lipinski definition) is 3. The quantitative estimate of drug-likeness (QED) is 0.503. The smallest absolute Gasteiger partial charge is 0.338 e. The monoisotopic (exact) mass is 302 g/mol. The van der Waals surface area contributed by atoms with E-state index >= 15 is 0 Å². The highest BCUT2D eigenvalue weighted by Crippen LogP contribution is 2.27. The highest BCUT2D eigenvalue weighted by molar-refractivity contribution is 5.99. The molecular weight excluding hydrogens is 288 g/mol. The van der Waals surface area contributed by atoms with Gasteiger partial charge in [-0.15, -0.1) is 0 Å². The molecule has 0 aliphatic carbocycles. The number of esters is 1. The molecule has 112 valence electrons. The Labute approximate surface area is 133 Å². The second-order valence-electron chi connectivity index (χ2n) is 5.39. The number of carbonyl (C=O) groups excluding carboxylic acids is 1. The molecule has 0 amide bonds. The Morgan fingerprint density at radius 2 is 1.57 bits per heavy atom. The Morgan fingerprint density at radius 3 is 2.35 bits per heavy atom. The SMILES string of the molecule is O=C(OCc1occ2cc3ccccc3cc12)c1ccccc1. The van der Waals surface area contributed by atoms with Gasteiger partial charge in [-0.1, -0.05) is 42.5 Å². The number of carbonyl (C=O) groups is 1. The minimum atomic E-state index is -0.351. The third-order valence-electron chi connectivity index (χ3n) is 3.89. The highest BCUT2D eigenvalue weighted by atomic mass is 16.5. The number of rotatable bonds is 3. The van der Waals surface area contributed by atoms with Crippen molar-refractivity contribution in [3.8, 4) is 0 Å². The molecule has 0 aliphatic heterocycles. The second kappa shape index (κ2) is 5.61. The third kappa shape index (κ3) is 2.57. The first-order chi connectivity index (χ1) is 11.3. The zero-order valence-corrected chi connectivity index (χ0v) is 12.4. The fourth-order valence-corrected chi connectivity index (χ4v) is 2.70. The lowest BCUT2D eigenvalue weighted by atomic mass is 10.1. The number of ether oxygens (including phenoxy) is 1. The molecule has 0 saturated carbocycles. The third-order valence-corrected chi connectivity index (χ3v) is 3.89. The summed E-state index contributed by atoms with van der Waals surface area (Å²) in [5, 5.41) is 4.28. The maximum Gasteiger partial charge on any atom is 0.338 e. The van der Waals surface area contributed by atoms with Gasteiger partial charge in [0.15, 0.2) is 0 Å². The van der Waals surface area contributed by atoms with E-state index in [9.17, 15) is 4.79 Å². The molecule has 1 heterocycles. The van der Waals surface area contributed by atoms with Gasteiger partial charge in [-0.05, 0) is 35.0 Å². The fraction of sp³-hybridized carbons (Fsp3) is 0.0500. The van der Waals surface area contributed by atoms with Crippen molar-refractivity contribution < 1.29 is 13.9 Å². The minimum absolute atomic E-state index is 0.121. The van der Waals surface area contributed by atoms with Crippen LogP contribution in [0.3, 0.4) is 0 Å². The molecule has 3 aromatic carbocycles. The molecule has 0 unspecified atom stereocenters. The number of fused-ring (bicyclic) bond motifs is 2. The first-order valence-corrected chi connectivity index (χ1v) is 7.42. The highest BCUT2D eigenvalue weighted by Gasteiger charge is 2.11. The molecular formula is C20H14O3. The molecule has 4 rings (SSSR count). The molecule has 0 saturated heterocycles. The van der Waals surface area contributed by atoms with Crippen LogP contribution in [0.4, 0.5) is 0 Å². The lowest BCUT2D eigenvalue weighted by Gasteiger charge is -2.03. The summed E-state index contributed by atoms with van der Waals surface area (Å²) in [4.78, 5) is 12.0. The van der Waals surface area contributed by atoms with Gasteiger partial charge in [0.25, 0.3) is 0 Å². The van der Waals surface area contributed by atoms with Crippen LogP contribution < -0.4 is 0 Å². The van der Waals surface area contributed by atoms with E-state index in [0.717, 1.165) is 21.5 Å². The van der Waals surface area contributed by atoms with E-state index in [4.69, 9.17) is 9.15 Å². The number of furan rings is 1. The molecule has 3 nitrogen and oxygen atoms in total. The summed E-state index contributed by atoms with van der Waals surface area (Å²) in [5.41, 5.74) is 0.536. The van der Waals surface area contributed by atoms with Gasteiger partial charge >= 0.3 is 5.97 Å². The van der Waals surface area contributed by atoms with Crippen molar-refractivity contribution in [3.05, 3.63) is 84.3 Å². The van der Waals surface area contributed by atoms with Gasteiger partial charge in [0.2, 0.25) is 0 Å². The molecule has 4 aromatic rings. The summed E-state index contributed by atoms with van der Waals surface area (Å²) in [5.74, 6) is 0.311. The van der Waals surface area contributed by atoms with E-state index in [1.807, 2.05) is 30.3 Å². The summed E-state index contributed by atoms with van der Waals surface area (Å²) >= 11 is 0. The van der Waals surface area contributed by atoms with Gasteiger partial charge in [0.1, 0.15) is 12.4 Å². The Morgan fingerprint density at radius 1 is 0.870 bits per heavy atom. The van der Waals surface area contributed by atoms with Crippen LogP contribution in [0.5, 0.6) is 0 Å². The van der Waals surface area contributed by atoms with E-state index in [0.29, 0.717) is 11.3 Å². The van der Waals surface area contributed by atoms with Crippen LogP contribution in [0.15, 0.2) is 77.4 Å². The van der Waals surface area contributed by atoms with E-state index in [2.05, 4.69) is 24.3 Å². The van der Waals surface area contributed by atoms with Crippen LogP contribution in [0.25, 0.3) is 21.5 Å². The van der Waals surface area contributed by atoms with Gasteiger partial charge in [-0.2, -0.15) is 0 Å². The zero-order valence-electron chi connectivity index (χ0n) is 12.4. The van der Waals surface area contributed by atoms with Gasteiger partial charge in [0, 0.05) is 10.8 Å². The van der Waals surface area contributed by atoms with Crippen molar-refractivity contribution in [1.82, 2.24) is 0 Å². The van der Waals surface area contributed by atoms with E-state index in [1.165, 1.54) is 0 Å². The summed E-state index contributed by atoms with van der Waals surface area (Å²) in [6, 6.07) is 21.2. The second-order valence-corrected chi connectivity index (χ2v) is 5.39. The normalized spacial score (nSPS) is 11.0. The molecule has 0 atom stereocenters. The fourth-order valence-electron chi connectivity index (χ4n) is 2.70. The van der Waals surface area contributed by atoms with Crippen LogP contribution in [0.1, 0.15) is 16.1 Å². The van der Waals surface area contributed by atoms with Crippen molar-refractivity contribution in [2.75, 3.05) is 0 Å². The molecule has 0 bridgehead atoms. The van der Waals surface area contributed by atoms with E-state index in [-0.39, 0.29) is 12.6 Å². The average Bonchev–Trinajstić information content (AvgIpc) is 3.00. The van der Waals surface area contributed by atoms with Gasteiger partial charge in [0.05, 0.1) is 11.8 Å². The lowest BCUT2D eigenvalue weighted by molar-refractivity contribution is 0.0448. The zero-order chi connectivity index (χ0) is 15.6. The average molecular weight is 302 g/mol. The molecule has 0 aliphatic rings. The van der Waals surface area contributed by atoms with E-state index < -0.39 is 0 Å². The minimum Gasteiger partial charge on any atom is -0.464 e. The van der Waals surface area contributed by atoms with Crippen LogP contribution in [-0.2, 0) is 11.3 Å². The topological polar surface area (TPSA) is 39.4 Å². The molecule has 3 heteroatoms. The lowest BCUT2D eigenvalue weighted by Crippen LogP contribution is -2.04. The Hall–Kier alpha value is -3.07. The van der Waals surface area contributed by atoms with Gasteiger partial charge in [-0.25, -0.2) is 4.79 Å². The first-order valence-electron chi connectivity index (χ1n) is 7.42. The Bertz CT molecular complexity index is 984. The van der Waals surface area contributed by atoms with Crippen molar-refractivity contribution in [3.63, 3.8) is 0 Å².